The Bertz CT molecular complexity index is 1510. The maximum atomic E-state index is 14.3. The second-order valence-corrected chi connectivity index (χ2v) is 10.9. The maximum Gasteiger partial charge on any atom is 0.271 e. The largest absolute Gasteiger partial charge is 0.493 e. The predicted octanol–water partition coefficient (Wildman–Crippen LogP) is 6.71. The first-order valence-electron chi connectivity index (χ1n) is 14.8. The quantitative estimate of drug-likeness (QED) is 0.206. The van der Waals surface area contributed by atoms with Gasteiger partial charge in [0.25, 0.3) is 5.91 Å². The van der Waals surface area contributed by atoms with Gasteiger partial charge in [0.1, 0.15) is 17.6 Å². The fourth-order valence-corrected chi connectivity index (χ4v) is 5.74. The second kappa shape index (κ2) is 14.1. The molecule has 2 N–H and O–H groups in total. The van der Waals surface area contributed by atoms with Crippen molar-refractivity contribution in [1.82, 2.24) is 15.2 Å². The number of benzene rings is 3. The molecule has 1 heterocycles. The fourth-order valence-electron chi connectivity index (χ4n) is 5.74. The number of nitrogens with zero attached hydrogens (tertiary/aromatic N) is 1. The van der Waals surface area contributed by atoms with Gasteiger partial charge in [0.05, 0.1) is 14.2 Å². The van der Waals surface area contributed by atoms with Gasteiger partial charge in [-0.25, -0.2) is 4.39 Å². The summed E-state index contributed by atoms with van der Waals surface area (Å²) >= 11 is 0. The van der Waals surface area contributed by atoms with Crippen LogP contribution >= 0.6 is 0 Å². The van der Waals surface area contributed by atoms with E-state index in [-0.39, 0.29) is 24.4 Å². The van der Waals surface area contributed by atoms with Crippen LogP contribution in [0.4, 0.5) is 4.39 Å². The van der Waals surface area contributed by atoms with E-state index in [1.54, 1.807) is 37.3 Å². The van der Waals surface area contributed by atoms with Crippen molar-refractivity contribution in [2.24, 2.45) is 0 Å². The summed E-state index contributed by atoms with van der Waals surface area (Å²) in [6, 6.07) is 23.9. The first kappa shape index (κ1) is 29.9. The zero-order valence-corrected chi connectivity index (χ0v) is 24.6. The molecule has 4 aromatic rings. The van der Waals surface area contributed by atoms with Crippen molar-refractivity contribution >= 4 is 11.8 Å². The minimum Gasteiger partial charge on any atom is -0.493 e. The summed E-state index contributed by atoms with van der Waals surface area (Å²) in [5, 5.41) is 3.21. The van der Waals surface area contributed by atoms with Crippen LogP contribution in [0.25, 0.3) is 11.3 Å². The molecule has 0 aliphatic heterocycles. The van der Waals surface area contributed by atoms with Gasteiger partial charge in [0.2, 0.25) is 5.91 Å². The van der Waals surface area contributed by atoms with E-state index < -0.39 is 11.9 Å². The molecule has 224 valence electrons. The summed E-state index contributed by atoms with van der Waals surface area (Å²) in [7, 11) is 3.16. The molecule has 0 spiro atoms. The van der Waals surface area contributed by atoms with E-state index in [1.807, 2.05) is 54.6 Å². The van der Waals surface area contributed by atoms with E-state index in [2.05, 4.69) is 10.3 Å². The van der Waals surface area contributed by atoms with Gasteiger partial charge in [-0.1, -0.05) is 67.8 Å². The van der Waals surface area contributed by atoms with Crippen molar-refractivity contribution in [2.45, 2.75) is 50.6 Å². The molecule has 1 saturated carbocycles. The number of carbonyl (C=O) groups excluding carboxylic acids is 2. The Balaban J connectivity index is 1.51. The number of nitrogens with one attached hydrogen (secondary N) is 2. The standard InChI is InChI=1S/C35H38FN3O4/c1-42-31-20-13-24(23-32(31)43-2)21-22-39(35(41)30-19-18-29(38-30)25-9-5-3-6-10-25)33(26-14-16-27(36)17-15-26)34(40)37-28-11-7-4-8-12-28/h3,5-6,9-10,13-20,23,28,33,38H,4,7-8,11-12,21-22H2,1-2H3,(H,37,40)/t33-/m0/s1. The van der Waals surface area contributed by atoms with Gasteiger partial charge in [0, 0.05) is 18.3 Å². The Morgan fingerprint density at radius 3 is 2.33 bits per heavy atom. The maximum absolute atomic E-state index is 14.3. The third-order valence-corrected chi connectivity index (χ3v) is 8.05. The number of amides is 2. The van der Waals surface area contributed by atoms with Crippen LogP contribution in [0.3, 0.4) is 0 Å². The van der Waals surface area contributed by atoms with Crippen LogP contribution in [0, 0.1) is 5.82 Å². The van der Waals surface area contributed by atoms with Gasteiger partial charge in [-0.05, 0) is 72.4 Å². The number of halogens is 1. The Hall–Kier alpha value is -4.59. The minimum atomic E-state index is -0.960. The van der Waals surface area contributed by atoms with Crippen molar-refractivity contribution in [3.8, 4) is 22.8 Å². The molecular weight excluding hydrogens is 545 g/mol. The predicted molar refractivity (Wildman–Crippen MR) is 165 cm³/mol. The highest BCUT2D eigenvalue weighted by molar-refractivity contribution is 5.97. The molecule has 2 amide bonds. The lowest BCUT2D eigenvalue weighted by atomic mass is 9.94. The molecule has 1 aliphatic carbocycles. The fraction of sp³-hybridized carbons (Fsp3) is 0.314. The monoisotopic (exact) mass is 583 g/mol. The minimum absolute atomic E-state index is 0.0437. The van der Waals surface area contributed by atoms with Gasteiger partial charge in [0.15, 0.2) is 11.5 Å². The normalized spacial score (nSPS) is 14.1. The van der Waals surface area contributed by atoms with E-state index >= 15 is 0 Å². The van der Waals surface area contributed by atoms with E-state index in [1.165, 1.54) is 12.1 Å². The zero-order chi connectivity index (χ0) is 30.2. The number of ether oxygens (including phenoxy) is 2. The summed E-state index contributed by atoms with van der Waals surface area (Å²) in [6.07, 6.45) is 5.52. The van der Waals surface area contributed by atoms with Crippen molar-refractivity contribution in [1.29, 1.82) is 0 Å². The second-order valence-electron chi connectivity index (χ2n) is 10.9. The van der Waals surface area contributed by atoms with Gasteiger partial charge in [-0.15, -0.1) is 0 Å². The van der Waals surface area contributed by atoms with E-state index in [0.29, 0.717) is 29.2 Å². The zero-order valence-electron chi connectivity index (χ0n) is 24.6. The first-order valence-corrected chi connectivity index (χ1v) is 14.8. The number of methoxy groups -OCH3 is 2. The van der Waals surface area contributed by atoms with Crippen LogP contribution < -0.4 is 14.8 Å². The van der Waals surface area contributed by atoms with Gasteiger partial charge in [-0.2, -0.15) is 0 Å². The first-order chi connectivity index (χ1) is 21.0. The number of hydrogen-bond acceptors (Lipinski definition) is 4. The molecule has 1 atom stereocenters. The van der Waals surface area contributed by atoms with E-state index in [0.717, 1.165) is 48.9 Å². The SMILES string of the molecule is COc1ccc(CCN(C(=O)c2ccc(-c3ccccc3)[nH]2)[C@H](C(=O)NC2CCCCC2)c2ccc(F)cc2)cc1OC. The Morgan fingerprint density at radius 1 is 0.907 bits per heavy atom. The van der Waals surface area contributed by atoms with Crippen LogP contribution in [0.5, 0.6) is 11.5 Å². The lowest BCUT2D eigenvalue weighted by Crippen LogP contribution is -2.47. The molecule has 1 aromatic heterocycles. The third kappa shape index (κ3) is 7.25. The molecule has 5 rings (SSSR count). The molecule has 0 unspecified atom stereocenters. The Morgan fingerprint density at radius 2 is 1.63 bits per heavy atom. The summed E-state index contributed by atoms with van der Waals surface area (Å²) in [5.41, 5.74) is 3.57. The highest BCUT2D eigenvalue weighted by Crippen LogP contribution is 2.30. The molecule has 3 aromatic carbocycles. The molecule has 0 radical (unpaired) electrons. The average molecular weight is 584 g/mol. The van der Waals surface area contributed by atoms with Gasteiger partial charge < -0.3 is 24.7 Å². The van der Waals surface area contributed by atoms with Crippen LogP contribution in [-0.4, -0.2) is 48.5 Å². The molecular formula is C35H38FN3O4. The highest BCUT2D eigenvalue weighted by Gasteiger charge is 2.34. The number of H-pyrrole nitrogens is 1. The van der Waals surface area contributed by atoms with Gasteiger partial charge >= 0.3 is 0 Å². The molecule has 8 heteroatoms. The van der Waals surface area contributed by atoms with E-state index in [9.17, 15) is 14.0 Å². The Kier molecular flexibility index (Phi) is 9.77. The third-order valence-electron chi connectivity index (χ3n) is 8.05. The summed E-state index contributed by atoms with van der Waals surface area (Å²) in [4.78, 5) is 33.2. The molecule has 7 nitrogen and oxygen atoms in total. The van der Waals surface area contributed by atoms with Crippen molar-refractivity contribution in [3.05, 3.63) is 108 Å². The Labute approximate surface area is 252 Å². The van der Waals surface area contributed by atoms with Crippen LogP contribution in [0.1, 0.15) is 59.8 Å². The summed E-state index contributed by atoms with van der Waals surface area (Å²) in [5.74, 6) is 0.190. The van der Waals surface area contributed by atoms with E-state index in [4.69, 9.17) is 9.47 Å². The smallest absolute Gasteiger partial charge is 0.271 e. The number of rotatable bonds is 11. The lowest BCUT2D eigenvalue weighted by Gasteiger charge is -2.33. The molecule has 0 saturated heterocycles. The number of carbonyl (C=O) groups is 2. The topological polar surface area (TPSA) is 83.7 Å². The summed E-state index contributed by atoms with van der Waals surface area (Å²) in [6.45, 7) is 0.230. The number of hydrogen-bond donors (Lipinski definition) is 2. The molecule has 0 bridgehead atoms. The lowest BCUT2D eigenvalue weighted by molar-refractivity contribution is -0.126. The highest BCUT2D eigenvalue weighted by atomic mass is 19.1. The number of aromatic nitrogens is 1. The van der Waals surface area contributed by atoms with Crippen LogP contribution in [0.2, 0.25) is 0 Å². The molecule has 1 fully saturated rings. The van der Waals surface area contributed by atoms with Crippen molar-refractivity contribution in [2.75, 3.05) is 20.8 Å². The molecule has 1 aliphatic rings. The number of aromatic amines is 1. The van der Waals surface area contributed by atoms with Gasteiger partial charge in [-0.3, -0.25) is 9.59 Å². The van der Waals surface area contributed by atoms with Crippen LogP contribution in [0.15, 0.2) is 84.9 Å². The summed E-state index contributed by atoms with van der Waals surface area (Å²) < 4.78 is 24.9. The van der Waals surface area contributed by atoms with Crippen molar-refractivity contribution in [3.63, 3.8) is 0 Å². The molecule has 43 heavy (non-hydrogen) atoms. The van der Waals surface area contributed by atoms with Crippen LogP contribution in [-0.2, 0) is 11.2 Å². The average Bonchev–Trinajstić information content (AvgIpc) is 3.55. The van der Waals surface area contributed by atoms with Crippen molar-refractivity contribution < 1.29 is 23.5 Å².